The van der Waals surface area contributed by atoms with Crippen molar-refractivity contribution < 1.29 is 4.79 Å². The number of benzene rings is 1. The van der Waals surface area contributed by atoms with Gasteiger partial charge in [-0.2, -0.15) is 0 Å². The van der Waals surface area contributed by atoms with Crippen molar-refractivity contribution >= 4 is 33.3 Å². The molecule has 18 heavy (non-hydrogen) atoms. The van der Waals surface area contributed by atoms with Gasteiger partial charge in [-0.3, -0.25) is 4.79 Å². The summed E-state index contributed by atoms with van der Waals surface area (Å²) in [5, 5.41) is 0.656. The summed E-state index contributed by atoms with van der Waals surface area (Å²) in [6.07, 6.45) is 3.27. The third-order valence-electron chi connectivity index (χ3n) is 3.75. The molecule has 3 heteroatoms. The van der Waals surface area contributed by atoms with E-state index < -0.39 is 0 Å². The zero-order valence-corrected chi connectivity index (χ0v) is 13.1. The van der Waals surface area contributed by atoms with E-state index in [1.54, 1.807) is 12.1 Å². The summed E-state index contributed by atoms with van der Waals surface area (Å²) in [5.74, 6) is 1.72. The van der Waals surface area contributed by atoms with Crippen molar-refractivity contribution in [3.63, 3.8) is 0 Å². The van der Waals surface area contributed by atoms with Crippen LogP contribution >= 0.6 is 27.5 Å². The van der Waals surface area contributed by atoms with Gasteiger partial charge in [0.15, 0.2) is 5.78 Å². The van der Waals surface area contributed by atoms with Gasteiger partial charge in [-0.15, -0.1) is 0 Å². The molecular weight excluding hydrogens is 312 g/mol. The molecule has 0 radical (unpaired) electrons. The molecule has 1 aromatic rings. The van der Waals surface area contributed by atoms with Crippen LogP contribution in [0.3, 0.4) is 0 Å². The lowest BCUT2D eigenvalue weighted by atomic mass is 9.74. The third kappa shape index (κ3) is 3.16. The van der Waals surface area contributed by atoms with E-state index >= 15 is 0 Å². The molecule has 1 fully saturated rings. The molecule has 1 nitrogen and oxygen atoms in total. The molecule has 0 spiro atoms. The average molecular weight is 330 g/mol. The Bertz CT molecular complexity index is 448. The van der Waals surface area contributed by atoms with Gasteiger partial charge in [0.2, 0.25) is 0 Å². The second kappa shape index (κ2) is 5.75. The lowest BCUT2D eigenvalue weighted by Crippen LogP contribution is -2.26. The summed E-state index contributed by atoms with van der Waals surface area (Å²) in [6.45, 7) is 4.49. The maximum atomic E-state index is 12.5. The Labute approximate surface area is 122 Å². The molecule has 0 saturated heterocycles. The molecule has 0 heterocycles. The van der Waals surface area contributed by atoms with Crippen LogP contribution in [0.4, 0.5) is 0 Å². The van der Waals surface area contributed by atoms with Gasteiger partial charge in [0.1, 0.15) is 0 Å². The number of hydrogen-bond donors (Lipinski definition) is 0. The van der Waals surface area contributed by atoms with Crippen LogP contribution in [0.2, 0.25) is 5.02 Å². The second-order valence-corrected chi connectivity index (χ2v) is 6.89. The fourth-order valence-corrected chi connectivity index (χ4v) is 3.95. The number of carbonyl (C=O) groups excluding carboxylic acids is 1. The smallest absolute Gasteiger partial charge is 0.167 e. The minimum absolute atomic E-state index is 0.168. The number of ketones is 1. The maximum absolute atomic E-state index is 12.5. The quantitative estimate of drug-likeness (QED) is 0.668. The second-order valence-electron chi connectivity index (χ2n) is 5.60. The fraction of sp³-hybridized carbons (Fsp3) is 0.533. The monoisotopic (exact) mass is 328 g/mol. The standard InChI is InChI=1S/C15H18BrClO/c1-9-5-10(2)7-11(6-9)15(18)13-4-3-12(17)8-14(13)16/h3-4,8-11H,5-7H2,1-2H3. The maximum Gasteiger partial charge on any atom is 0.167 e. The van der Waals surface area contributed by atoms with Gasteiger partial charge in [-0.25, -0.2) is 0 Å². The first kappa shape index (κ1) is 14.1. The Balaban J connectivity index is 2.20. The van der Waals surface area contributed by atoms with Crippen molar-refractivity contribution in [3.05, 3.63) is 33.3 Å². The highest BCUT2D eigenvalue weighted by molar-refractivity contribution is 9.10. The molecule has 2 rings (SSSR count). The highest BCUT2D eigenvalue weighted by Crippen LogP contribution is 2.36. The molecule has 98 valence electrons. The van der Waals surface area contributed by atoms with Crippen molar-refractivity contribution in [1.82, 2.24) is 0 Å². The molecule has 0 aromatic heterocycles. The number of carbonyl (C=O) groups is 1. The number of rotatable bonds is 2. The van der Waals surface area contributed by atoms with Gasteiger partial charge in [0.25, 0.3) is 0 Å². The first-order valence-electron chi connectivity index (χ1n) is 6.46. The van der Waals surface area contributed by atoms with E-state index in [1.807, 2.05) is 6.07 Å². The first-order valence-corrected chi connectivity index (χ1v) is 7.63. The molecule has 0 aliphatic heterocycles. The van der Waals surface area contributed by atoms with Crippen LogP contribution in [-0.2, 0) is 0 Å². The Morgan fingerprint density at radius 2 is 1.83 bits per heavy atom. The Morgan fingerprint density at radius 1 is 1.22 bits per heavy atom. The van der Waals surface area contributed by atoms with E-state index in [9.17, 15) is 4.79 Å². The molecule has 1 aromatic carbocycles. The van der Waals surface area contributed by atoms with E-state index in [0.29, 0.717) is 16.9 Å². The lowest BCUT2D eigenvalue weighted by molar-refractivity contribution is 0.0835. The molecule has 0 amide bonds. The topological polar surface area (TPSA) is 17.1 Å². The van der Waals surface area contributed by atoms with Gasteiger partial charge in [-0.05, 0) is 65.2 Å². The van der Waals surface area contributed by atoms with Crippen LogP contribution in [0.15, 0.2) is 22.7 Å². The molecule has 1 aliphatic carbocycles. The molecule has 1 aliphatic rings. The van der Waals surface area contributed by atoms with Gasteiger partial charge >= 0.3 is 0 Å². The van der Waals surface area contributed by atoms with Crippen molar-refractivity contribution in [3.8, 4) is 0 Å². The predicted octanol–water partition coefficient (Wildman–Crippen LogP) is 5.36. The van der Waals surface area contributed by atoms with E-state index in [2.05, 4.69) is 29.8 Å². The van der Waals surface area contributed by atoms with Crippen molar-refractivity contribution in [2.75, 3.05) is 0 Å². The highest BCUT2D eigenvalue weighted by Gasteiger charge is 2.30. The average Bonchev–Trinajstić information content (AvgIpc) is 2.26. The van der Waals surface area contributed by atoms with E-state index in [1.165, 1.54) is 6.42 Å². The zero-order chi connectivity index (χ0) is 13.3. The molecule has 0 bridgehead atoms. The summed E-state index contributed by atoms with van der Waals surface area (Å²) in [6, 6.07) is 5.42. The van der Waals surface area contributed by atoms with Gasteiger partial charge < -0.3 is 0 Å². The van der Waals surface area contributed by atoms with Crippen LogP contribution in [0.1, 0.15) is 43.5 Å². The third-order valence-corrected chi connectivity index (χ3v) is 4.64. The van der Waals surface area contributed by atoms with Crippen LogP contribution in [0, 0.1) is 17.8 Å². The zero-order valence-electron chi connectivity index (χ0n) is 10.7. The molecular formula is C15H18BrClO. The predicted molar refractivity (Wildman–Crippen MR) is 79.2 cm³/mol. The fourth-order valence-electron chi connectivity index (χ4n) is 3.07. The van der Waals surface area contributed by atoms with Crippen LogP contribution < -0.4 is 0 Å². The molecule has 1 saturated carbocycles. The summed E-state index contributed by atoms with van der Waals surface area (Å²) in [7, 11) is 0. The number of halogens is 2. The van der Waals surface area contributed by atoms with Crippen LogP contribution in [0.5, 0.6) is 0 Å². The Hall–Kier alpha value is -0.340. The van der Waals surface area contributed by atoms with Gasteiger partial charge in [0, 0.05) is 21.0 Å². The lowest BCUT2D eigenvalue weighted by Gasteiger charge is -2.30. The molecule has 2 unspecified atom stereocenters. The minimum Gasteiger partial charge on any atom is -0.294 e. The first-order chi connectivity index (χ1) is 8.47. The summed E-state index contributed by atoms with van der Waals surface area (Å²) >= 11 is 9.35. The summed E-state index contributed by atoms with van der Waals surface area (Å²) in [5.41, 5.74) is 0.769. The van der Waals surface area contributed by atoms with E-state index in [4.69, 9.17) is 11.6 Å². The van der Waals surface area contributed by atoms with Gasteiger partial charge in [-0.1, -0.05) is 25.4 Å². The molecule has 2 atom stereocenters. The van der Waals surface area contributed by atoms with Crippen LogP contribution in [-0.4, -0.2) is 5.78 Å². The van der Waals surface area contributed by atoms with E-state index in [-0.39, 0.29) is 11.7 Å². The van der Waals surface area contributed by atoms with Gasteiger partial charge in [0.05, 0.1) is 0 Å². The van der Waals surface area contributed by atoms with Crippen molar-refractivity contribution in [2.24, 2.45) is 17.8 Å². The number of Topliss-reactive ketones (excluding diaryl/α,β-unsaturated/α-hetero) is 1. The molecule has 0 N–H and O–H groups in total. The normalized spacial score (nSPS) is 28.1. The summed E-state index contributed by atoms with van der Waals surface area (Å²) < 4.78 is 0.811. The Morgan fingerprint density at radius 3 is 2.39 bits per heavy atom. The van der Waals surface area contributed by atoms with Crippen molar-refractivity contribution in [2.45, 2.75) is 33.1 Å². The minimum atomic E-state index is 0.168. The highest BCUT2D eigenvalue weighted by atomic mass is 79.9. The van der Waals surface area contributed by atoms with E-state index in [0.717, 1.165) is 22.9 Å². The number of hydrogen-bond acceptors (Lipinski definition) is 1. The SMILES string of the molecule is CC1CC(C)CC(C(=O)c2ccc(Cl)cc2Br)C1. The largest absolute Gasteiger partial charge is 0.294 e. The summed E-state index contributed by atoms with van der Waals surface area (Å²) in [4.78, 5) is 12.5. The Kier molecular flexibility index (Phi) is 4.50. The van der Waals surface area contributed by atoms with Crippen LogP contribution in [0.25, 0.3) is 0 Å². The van der Waals surface area contributed by atoms with Crippen molar-refractivity contribution in [1.29, 1.82) is 0 Å².